The highest BCUT2D eigenvalue weighted by molar-refractivity contribution is 5.83. The van der Waals surface area contributed by atoms with Crippen molar-refractivity contribution in [1.82, 2.24) is 10.2 Å². The van der Waals surface area contributed by atoms with Gasteiger partial charge in [-0.2, -0.15) is 0 Å². The van der Waals surface area contributed by atoms with Crippen molar-refractivity contribution in [3.8, 4) is 0 Å². The molecular weight excluding hydrogens is 172 g/mol. The Balaban J connectivity index is 2.44. The molecule has 1 rings (SSSR count). The van der Waals surface area contributed by atoms with Crippen LogP contribution >= 0.6 is 0 Å². The predicted octanol–water partition coefficient (Wildman–Crippen LogP) is -1.08. The first kappa shape index (κ1) is 9.70. The van der Waals surface area contributed by atoms with Crippen LogP contribution in [-0.4, -0.2) is 42.6 Å². The molecule has 0 unspecified atom stereocenters. The van der Waals surface area contributed by atoms with E-state index in [2.05, 4.69) is 5.32 Å². The lowest BCUT2D eigenvalue weighted by atomic mass is 10.2. The fourth-order valence-electron chi connectivity index (χ4n) is 1.47. The van der Waals surface area contributed by atoms with Gasteiger partial charge in [0.2, 0.25) is 12.3 Å². The zero-order chi connectivity index (χ0) is 9.68. The number of nitrogens with zero attached hydrogens (tertiary/aromatic N) is 1. The fraction of sp³-hybridized carbons (Fsp3) is 0.625. The molecule has 5 heteroatoms. The topological polar surface area (TPSA) is 66.5 Å². The highest BCUT2D eigenvalue weighted by Crippen LogP contribution is 2.14. The van der Waals surface area contributed by atoms with Gasteiger partial charge in [-0.15, -0.1) is 0 Å². The van der Waals surface area contributed by atoms with Crippen molar-refractivity contribution in [1.29, 1.82) is 0 Å². The van der Waals surface area contributed by atoms with Gasteiger partial charge in [0.1, 0.15) is 6.29 Å². The van der Waals surface area contributed by atoms with Crippen LogP contribution in [0.3, 0.4) is 0 Å². The standard InChI is InChI=1S/C8H12N2O3/c11-5-7-2-1-3-10(7)8(13)4-9-6-12/h5-7H,1-4H2,(H,9,12)/t7-/m0/s1. The molecule has 0 aromatic heterocycles. The lowest BCUT2D eigenvalue weighted by Gasteiger charge is -2.19. The van der Waals surface area contributed by atoms with E-state index >= 15 is 0 Å². The van der Waals surface area contributed by atoms with Gasteiger partial charge in [-0.1, -0.05) is 0 Å². The summed E-state index contributed by atoms with van der Waals surface area (Å²) in [5.41, 5.74) is 0. The molecule has 1 saturated heterocycles. The lowest BCUT2D eigenvalue weighted by Crippen LogP contribution is -2.41. The Morgan fingerprint density at radius 1 is 1.54 bits per heavy atom. The molecule has 0 aromatic carbocycles. The molecule has 1 heterocycles. The quantitative estimate of drug-likeness (QED) is 0.565. The number of nitrogens with one attached hydrogen (secondary N) is 1. The Morgan fingerprint density at radius 2 is 2.31 bits per heavy atom. The first-order chi connectivity index (χ1) is 6.29. The number of rotatable bonds is 4. The Labute approximate surface area is 76.1 Å². The Bertz CT molecular complexity index is 217. The first-order valence-electron chi connectivity index (χ1n) is 4.21. The third kappa shape index (κ3) is 2.27. The Hall–Kier alpha value is -1.39. The third-order valence-electron chi connectivity index (χ3n) is 2.11. The molecule has 5 nitrogen and oxygen atoms in total. The zero-order valence-corrected chi connectivity index (χ0v) is 7.23. The van der Waals surface area contributed by atoms with Crippen LogP contribution in [0.15, 0.2) is 0 Å². The van der Waals surface area contributed by atoms with E-state index in [4.69, 9.17) is 0 Å². The molecule has 0 radical (unpaired) electrons. The second-order valence-electron chi connectivity index (χ2n) is 2.93. The van der Waals surface area contributed by atoms with Gasteiger partial charge in [-0.3, -0.25) is 9.59 Å². The van der Waals surface area contributed by atoms with Crippen molar-refractivity contribution in [3.63, 3.8) is 0 Å². The van der Waals surface area contributed by atoms with Crippen LogP contribution in [0.4, 0.5) is 0 Å². The van der Waals surface area contributed by atoms with Crippen molar-refractivity contribution in [3.05, 3.63) is 0 Å². The van der Waals surface area contributed by atoms with Gasteiger partial charge in [0, 0.05) is 6.54 Å². The van der Waals surface area contributed by atoms with Crippen LogP contribution in [0.5, 0.6) is 0 Å². The molecule has 1 fully saturated rings. The number of hydrogen-bond donors (Lipinski definition) is 1. The molecule has 0 aromatic rings. The largest absolute Gasteiger partial charge is 0.350 e. The summed E-state index contributed by atoms with van der Waals surface area (Å²) < 4.78 is 0. The van der Waals surface area contributed by atoms with E-state index in [0.29, 0.717) is 13.0 Å². The van der Waals surface area contributed by atoms with E-state index in [-0.39, 0.29) is 18.5 Å². The molecule has 1 aliphatic rings. The van der Waals surface area contributed by atoms with Crippen molar-refractivity contribution >= 4 is 18.6 Å². The molecule has 0 aliphatic carbocycles. The van der Waals surface area contributed by atoms with Gasteiger partial charge >= 0.3 is 0 Å². The SMILES string of the molecule is O=CNCC(=O)N1CCC[C@H]1C=O. The molecule has 1 aliphatic heterocycles. The maximum atomic E-state index is 11.3. The van der Waals surface area contributed by atoms with Crippen LogP contribution in [0.2, 0.25) is 0 Å². The zero-order valence-electron chi connectivity index (χ0n) is 7.23. The molecule has 2 amide bonds. The van der Waals surface area contributed by atoms with Crippen LogP contribution in [0.1, 0.15) is 12.8 Å². The summed E-state index contributed by atoms with van der Waals surface area (Å²) in [5.74, 6) is -0.193. The minimum atomic E-state index is -0.291. The van der Waals surface area contributed by atoms with Gasteiger partial charge in [-0.25, -0.2) is 0 Å². The van der Waals surface area contributed by atoms with E-state index in [1.165, 1.54) is 4.90 Å². The second-order valence-corrected chi connectivity index (χ2v) is 2.93. The Morgan fingerprint density at radius 3 is 2.92 bits per heavy atom. The third-order valence-corrected chi connectivity index (χ3v) is 2.11. The summed E-state index contributed by atoms with van der Waals surface area (Å²) in [5, 5.41) is 2.28. The first-order valence-corrected chi connectivity index (χ1v) is 4.21. The number of carbonyl (C=O) groups is 3. The smallest absolute Gasteiger partial charge is 0.242 e. The molecule has 0 saturated carbocycles. The molecule has 72 valence electrons. The summed E-state index contributed by atoms with van der Waals surface area (Å²) in [6.45, 7) is 0.594. The number of amides is 2. The second kappa shape index (κ2) is 4.59. The number of aldehydes is 1. The minimum Gasteiger partial charge on any atom is -0.350 e. The van der Waals surface area contributed by atoms with Crippen molar-refractivity contribution in [2.45, 2.75) is 18.9 Å². The molecule has 1 atom stereocenters. The highest BCUT2D eigenvalue weighted by atomic mass is 16.2. The van der Waals surface area contributed by atoms with E-state index in [9.17, 15) is 14.4 Å². The fourth-order valence-corrected chi connectivity index (χ4v) is 1.47. The molecule has 13 heavy (non-hydrogen) atoms. The average Bonchev–Trinajstić information content (AvgIpc) is 2.61. The molecular formula is C8H12N2O3. The van der Waals surface area contributed by atoms with Crippen LogP contribution < -0.4 is 5.32 Å². The summed E-state index contributed by atoms with van der Waals surface area (Å²) in [7, 11) is 0. The maximum Gasteiger partial charge on any atom is 0.242 e. The number of hydrogen-bond acceptors (Lipinski definition) is 3. The van der Waals surface area contributed by atoms with Gasteiger partial charge in [0.15, 0.2) is 0 Å². The highest BCUT2D eigenvalue weighted by Gasteiger charge is 2.27. The van der Waals surface area contributed by atoms with Gasteiger partial charge < -0.3 is 15.0 Å². The monoisotopic (exact) mass is 184 g/mol. The summed E-state index contributed by atoms with van der Waals surface area (Å²) >= 11 is 0. The summed E-state index contributed by atoms with van der Waals surface area (Å²) in [6, 6.07) is -0.291. The van der Waals surface area contributed by atoms with E-state index < -0.39 is 0 Å². The van der Waals surface area contributed by atoms with Gasteiger partial charge in [-0.05, 0) is 12.8 Å². The van der Waals surface area contributed by atoms with E-state index in [1.807, 2.05) is 0 Å². The van der Waals surface area contributed by atoms with E-state index in [0.717, 1.165) is 19.1 Å². The number of likely N-dealkylation sites (tertiary alicyclic amines) is 1. The van der Waals surface area contributed by atoms with E-state index in [1.54, 1.807) is 0 Å². The predicted molar refractivity (Wildman–Crippen MR) is 44.9 cm³/mol. The average molecular weight is 184 g/mol. The molecule has 1 N–H and O–H groups in total. The van der Waals surface area contributed by atoms with Crippen LogP contribution in [0.25, 0.3) is 0 Å². The number of carbonyl (C=O) groups excluding carboxylic acids is 3. The molecule has 0 spiro atoms. The van der Waals surface area contributed by atoms with Crippen molar-refractivity contribution in [2.24, 2.45) is 0 Å². The summed E-state index contributed by atoms with van der Waals surface area (Å²) in [6.07, 6.45) is 2.85. The normalized spacial score (nSPS) is 21.2. The lowest BCUT2D eigenvalue weighted by molar-refractivity contribution is -0.134. The van der Waals surface area contributed by atoms with Crippen LogP contribution in [0, 0.1) is 0 Å². The minimum absolute atomic E-state index is 0.0200. The maximum absolute atomic E-state index is 11.3. The molecule has 0 bridgehead atoms. The Kier molecular flexibility index (Phi) is 3.42. The van der Waals surface area contributed by atoms with Gasteiger partial charge in [0.25, 0.3) is 0 Å². The summed E-state index contributed by atoms with van der Waals surface area (Å²) in [4.78, 5) is 33.3. The van der Waals surface area contributed by atoms with Gasteiger partial charge in [0.05, 0.1) is 12.6 Å². The van der Waals surface area contributed by atoms with Crippen LogP contribution in [-0.2, 0) is 14.4 Å². The van der Waals surface area contributed by atoms with Crippen molar-refractivity contribution in [2.75, 3.05) is 13.1 Å². The van der Waals surface area contributed by atoms with Crippen molar-refractivity contribution < 1.29 is 14.4 Å².